The largest absolute Gasteiger partial charge is 2.00 e. The maximum atomic E-state index is 9.10. The van der Waals surface area contributed by atoms with Crippen LogP contribution in [0.15, 0.2) is 0 Å². The third kappa shape index (κ3) is 452. The maximum absolute atomic E-state index is 9.10. The average molecular weight is 284 g/mol. The number of hydrogen-bond acceptors (Lipinski definition) is 6. The molecule has 0 bridgehead atoms. The van der Waals surface area contributed by atoms with Crippen LogP contribution in [0.3, 0.4) is 0 Å². The summed E-state index contributed by atoms with van der Waals surface area (Å²) in [5, 5.41) is 0. The first-order chi connectivity index (χ1) is 4.00. The Morgan fingerprint density at radius 1 is 0.750 bits per heavy atom. The summed E-state index contributed by atoms with van der Waals surface area (Å²) >= 11 is 0. The second kappa shape index (κ2) is 9.29. The Morgan fingerprint density at radius 3 is 0.750 bits per heavy atom. The smallest absolute Gasteiger partial charge is 0.811 e. The van der Waals surface area contributed by atoms with Gasteiger partial charge in [0.2, 0.25) is 0 Å². The van der Waals surface area contributed by atoms with Crippen molar-refractivity contribution in [2.24, 2.45) is 0 Å². The van der Waals surface area contributed by atoms with Crippen molar-refractivity contribution in [3.63, 3.8) is 0 Å². The zero-order valence-electron chi connectivity index (χ0n) is 6.34. The summed E-state index contributed by atoms with van der Waals surface area (Å²) in [4.78, 5) is 36.4. The predicted octanol–water partition coefficient (Wildman–Crippen LogP) is -2.95. The van der Waals surface area contributed by atoms with E-state index in [1.165, 1.54) is 0 Å². The molecule has 0 unspecified atom stereocenters. The zero-order chi connectivity index (χ0) is 9.00. The Hall–Kier alpha value is 1.73. The second-order valence-electron chi connectivity index (χ2n) is 1.54. The van der Waals surface area contributed by atoms with E-state index in [0.29, 0.717) is 13.3 Å². The van der Waals surface area contributed by atoms with Crippen molar-refractivity contribution in [2.45, 2.75) is 0 Å². The van der Waals surface area contributed by atoms with Gasteiger partial charge in [-0.25, -0.2) is 0 Å². The van der Waals surface area contributed by atoms with Crippen LogP contribution in [0.25, 0.3) is 0 Å². The molecule has 0 aromatic heterocycles. The molecule has 0 saturated heterocycles. The Labute approximate surface area is 100 Å². The molecule has 12 heavy (non-hydrogen) atoms. The SMILES string of the molecule is CP(=O)([O-])[O-].CP(=O)([O-])[O-].[Ti+2].[Ti+2]. The molecule has 0 aromatic rings. The number of rotatable bonds is 0. The first-order valence-corrected chi connectivity index (χ1v) is 5.97. The molecule has 0 aliphatic rings. The van der Waals surface area contributed by atoms with Crippen molar-refractivity contribution in [3.05, 3.63) is 0 Å². The molecule has 10 heteroatoms. The van der Waals surface area contributed by atoms with E-state index in [-0.39, 0.29) is 43.4 Å². The molecular weight excluding hydrogens is 278 g/mol. The van der Waals surface area contributed by atoms with Gasteiger partial charge in [0.15, 0.2) is 0 Å². The molecule has 0 aliphatic carbocycles. The molecule has 0 radical (unpaired) electrons. The Morgan fingerprint density at radius 2 is 0.750 bits per heavy atom. The van der Waals surface area contributed by atoms with E-state index in [9.17, 15) is 0 Å². The first kappa shape index (κ1) is 23.5. The summed E-state index contributed by atoms with van der Waals surface area (Å²) in [6.45, 7) is 1.26. The molecule has 6 nitrogen and oxygen atoms in total. The minimum atomic E-state index is -4.14. The van der Waals surface area contributed by atoms with Gasteiger partial charge < -0.3 is 28.7 Å². The molecule has 0 aliphatic heterocycles. The van der Waals surface area contributed by atoms with Crippen molar-refractivity contribution in [2.75, 3.05) is 13.3 Å². The van der Waals surface area contributed by atoms with Crippen LogP contribution >= 0.6 is 15.2 Å². The zero-order valence-corrected chi connectivity index (χ0v) is 11.3. The third-order valence-electron chi connectivity index (χ3n) is 0. The van der Waals surface area contributed by atoms with E-state index < -0.39 is 15.2 Å². The molecule has 0 amide bonds. The van der Waals surface area contributed by atoms with Crippen LogP contribution in [0.2, 0.25) is 0 Å². The Kier molecular flexibility index (Phi) is 18.2. The Bertz CT molecular complexity index is 134. The molecule has 0 heterocycles. The molecule has 0 N–H and O–H groups in total. The van der Waals surface area contributed by atoms with Gasteiger partial charge >= 0.3 is 43.4 Å². The number of hydrogen-bond donors (Lipinski definition) is 0. The molecule has 0 saturated carbocycles. The molecular formula is C2H6O6P2Ti2. The summed E-state index contributed by atoms with van der Waals surface area (Å²) in [6.07, 6.45) is 0. The summed E-state index contributed by atoms with van der Waals surface area (Å²) in [5.74, 6) is 0. The molecule has 0 atom stereocenters. The molecule has 0 aromatic carbocycles. The van der Waals surface area contributed by atoms with Crippen LogP contribution in [0.5, 0.6) is 0 Å². The van der Waals surface area contributed by atoms with Crippen LogP contribution in [-0.4, -0.2) is 13.3 Å². The fourth-order valence-electron chi connectivity index (χ4n) is 0. The fourth-order valence-corrected chi connectivity index (χ4v) is 0. The van der Waals surface area contributed by atoms with Crippen LogP contribution < -0.4 is 19.6 Å². The van der Waals surface area contributed by atoms with Crippen molar-refractivity contribution in [3.8, 4) is 0 Å². The van der Waals surface area contributed by atoms with E-state index in [0.717, 1.165) is 0 Å². The summed E-state index contributed by atoms with van der Waals surface area (Å²) in [5.41, 5.74) is 0. The minimum absolute atomic E-state index is 0. The molecule has 0 fully saturated rings. The van der Waals surface area contributed by atoms with Crippen molar-refractivity contribution >= 4 is 15.2 Å². The van der Waals surface area contributed by atoms with Crippen molar-refractivity contribution in [1.29, 1.82) is 0 Å². The molecule has 0 spiro atoms. The van der Waals surface area contributed by atoms with Gasteiger partial charge in [0, 0.05) is 0 Å². The summed E-state index contributed by atoms with van der Waals surface area (Å²) < 4.78 is 18.2. The normalized spacial score (nSPS) is 9.83. The topological polar surface area (TPSA) is 126 Å². The monoisotopic (exact) mass is 284 g/mol. The van der Waals surface area contributed by atoms with Gasteiger partial charge in [0.25, 0.3) is 0 Å². The van der Waals surface area contributed by atoms with Crippen LogP contribution in [0.4, 0.5) is 0 Å². The van der Waals surface area contributed by atoms with Crippen molar-refractivity contribution in [1.82, 2.24) is 0 Å². The van der Waals surface area contributed by atoms with E-state index >= 15 is 0 Å². The van der Waals surface area contributed by atoms with Gasteiger partial charge in [-0.2, -0.15) is 0 Å². The second-order valence-corrected chi connectivity index (χ2v) is 4.63. The summed E-state index contributed by atoms with van der Waals surface area (Å²) in [7, 11) is -8.28. The van der Waals surface area contributed by atoms with Gasteiger partial charge in [0.05, 0.1) is 0 Å². The first-order valence-electron chi connectivity index (χ1n) is 1.99. The van der Waals surface area contributed by atoms with Crippen LogP contribution in [0, 0.1) is 0 Å². The van der Waals surface area contributed by atoms with Crippen LogP contribution in [0.1, 0.15) is 0 Å². The quantitative estimate of drug-likeness (QED) is 0.346. The minimum Gasteiger partial charge on any atom is -0.811 e. The van der Waals surface area contributed by atoms with Crippen molar-refractivity contribution < 1.29 is 72.1 Å². The van der Waals surface area contributed by atoms with Gasteiger partial charge in [-0.1, -0.05) is 15.2 Å². The molecule has 0 rings (SSSR count). The van der Waals surface area contributed by atoms with E-state index in [1.807, 2.05) is 0 Å². The average Bonchev–Trinajstić information content (AvgIpc) is 1.12. The van der Waals surface area contributed by atoms with Gasteiger partial charge in [-0.3, -0.25) is 0 Å². The van der Waals surface area contributed by atoms with E-state index in [4.69, 9.17) is 28.7 Å². The van der Waals surface area contributed by atoms with Gasteiger partial charge in [-0.05, 0) is 13.3 Å². The Balaban J connectivity index is -0.0000000457. The van der Waals surface area contributed by atoms with Gasteiger partial charge in [0.1, 0.15) is 0 Å². The van der Waals surface area contributed by atoms with E-state index in [2.05, 4.69) is 0 Å². The van der Waals surface area contributed by atoms with Gasteiger partial charge in [-0.15, -0.1) is 0 Å². The molecule has 68 valence electrons. The predicted molar refractivity (Wildman–Crippen MR) is 27.1 cm³/mol. The standard InChI is InChI=1S/2CH5O3P.2Ti/c2*1-5(2,3)4;;/h2*1H3,(H2,2,3,4);;/q;;2*+2/p-4. The maximum Gasteiger partial charge on any atom is 2.00 e. The summed E-state index contributed by atoms with van der Waals surface area (Å²) in [6, 6.07) is 0. The third-order valence-corrected chi connectivity index (χ3v) is 0. The van der Waals surface area contributed by atoms with Crippen LogP contribution in [-0.2, 0) is 52.6 Å². The van der Waals surface area contributed by atoms with E-state index in [1.54, 1.807) is 0 Å². The fraction of sp³-hybridized carbons (Fsp3) is 1.00.